The molecule has 0 radical (unpaired) electrons. The SMILES string of the molecule is CC(C)(C)CC(Cc1cc(N2c3ccccc3C3N=CC=CC32)cc(-n2c3ccccc3c3ncccc32)c1)C(C)(C)C. The number of fused-ring (bicyclic) bond motifs is 6. The summed E-state index contributed by atoms with van der Waals surface area (Å²) in [5.74, 6) is 0.535. The van der Waals surface area contributed by atoms with Crippen molar-refractivity contribution in [1.82, 2.24) is 9.55 Å². The van der Waals surface area contributed by atoms with Gasteiger partial charge in [-0.25, -0.2) is 0 Å². The van der Waals surface area contributed by atoms with Crippen LogP contribution in [0.4, 0.5) is 11.4 Å². The molecule has 0 spiro atoms. The van der Waals surface area contributed by atoms with E-state index in [0.717, 1.165) is 17.5 Å². The summed E-state index contributed by atoms with van der Waals surface area (Å²) >= 11 is 0. The van der Waals surface area contributed by atoms with E-state index in [1.807, 2.05) is 18.5 Å². The molecule has 0 aliphatic carbocycles. The van der Waals surface area contributed by atoms with Gasteiger partial charge in [-0.05, 0) is 83.7 Å². The number of aromatic nitrogens is 2. The third-order valence-electron chi connectivity index (χ3n) is 9.27. The highest BCUT2D eigenvalue weighted by Crippen LogP contribution is 2.48. The molecular formula is C39H42N4. The molecule has 2 aliphatic heterocycles. The Balaban J connectivity index is 1.46. The summed E-state index contributed by atoms with van der Waals surface area (Å²) in [7, 11) is 0. The number of rotatable bonds is 5. The molecule has 2 aliphatic rings. The van der Waals surface area contributed by atoms with Crippen LogP contribution >= 0.6 is 0 Å². The molecule has 218 valence electrons. The smallest absolute Gasteiger partial charge is 0.101 e. The van der Waals surface area contributed by atoms with Crippen LogP contribution in [-0.2, 0) is 6.42 Å². The van der Waals surface area contributed by atoms with Gasteiger partial charge in [0, 0.05) is 40.4 Å². The predicted molar refractivity (Wildman–Crippen MR) is 182 cm³/mol. The number of benzene rings is 3. The minimum Gasteiger partial charge on any atom is -0.332 e. The maximum atomic E-state index is 4.94. The number of nitrogens with zero attached hydrogens (tertiary/aromatic N) is 4. The highest BCUT2D eigenvalue weighted by Gasteiger charge is 2.39. The highest BCUT2D eigenvalue weighted by molar-refractivity contribution is 6.07. The van der Waals surface area contributed by atoms with E-state index in [1.54, 1.807) is 0 Å². The number of hydrogen-bond donors (Lipinski definition) is 0. The number of allylic oxidation sites excluding steroid dienone is 1. The van der Waals surface area contributed by atoms with Gasteiger partial charge in [0.15, 0.2) is 0 Å². The minimum atomic E-state index is 0.106. The monoisotopic (exact) mass is 566 g/mol. The second-order valence-corrected chi connectivity index (χ2v) is 14.7. The first-order valence-electron chi connectivity index (χ1n) is 15.7. The van der Waals surface area contributed by atoms with Crippen molar-refractivity contribution in [1.29, 1.82) is 0 Å². The highest BCUT2D eigenvalue weighted by atomic mass is 15.2. The lowest BCUT2D eigenvalue weighted by Crippen LogP contribution is -2.29. The number of anilines is 2. The van der Waals surface area contributed by atoms with Gasteiger partial charge in [0.05, 0.1) is 22.6 Å². The lowest BCUT2D eigenvalue weighted by molar-refractivity contribution is 0.164. The topological polar surface area (TPSA) is 33.4 Å². The van der Waals surface area contributed by atoms with Crippen LogP contribution in [0.5, 0.6) is 0 Å². The molecule has 43 heavy (non-hydrogen) atoms. The fourth-order valence-corrected chi connectivity index (χ4v) is 7.23. The summed E-state index contributed by atoms with van der Waals surface area (Å²) in [4.78, 5) is 12.3. The molecule has 0 fully saturated rings. The Morgan fingerprint density at radius 3 is 2.37 bits per heavy atom. The Kier molecular flexibility index (Phi) is 6.57. The van der Waals surface area contributed by atoms with Crippen molar-refractivity contribution in [3.8, 4) is 5.69 Å². The number of pyridine rings is 1. The molecule has 2 aromatic heterocycles. The first-order chi connectivity index (χ1) is 20.6. The van der Waals surface area contributed by atoms with Crippen molar-refractivity contribution in [2.45, 2.75) is 66.5 Å². The average molecular weight is 567 g/mol. The maximum absolute atomic E-state index is 4.94. The van der Waals surface area contributed by atoms with E-state index in [4.69, 9.17) is 9.98 Å². The van der Waals surface area contributed by atoms with Crippen molar-refractivity contribution in [3.63, 3.8) is 0 Å². The molecule has 4 nitrogen and oxygen atoms in total. The summed E-state index contributed by atoms with van der Waals surface area (Å²) in [5.41, 5.74) is 10.1. The number of aliphatic imine (C=N–C) groups is 1. The first-order valence-corrected chi connectivity index (χ1v) is 15.7. The predicted octanol–water partition coefficient (Wildman–Crippen LogP) is 10.0. The van der Waals surface area contributed by atoms with Crippen molar-refractivity contribution in [2.24, 2.45) is 21.7 Å². The lowest BCUT2D eigenvalue weighted by atomic mass is 9.70. The maximum Gasteiger partial charge on any atom is 0.101 e. The summed E-state index contributed by atoms with van der Waals surface area (Å²) in [6.07, 6.45) is 10.5. The molecule has 4 heteroatoms. The zero-order chi connectivity index (χ0) is 29.9. The Labute approximate surface area is 255 Å². The normalized spacial score (nSPS) is 18.8. The Bertz CT molecular complexity index is 1820. The summed E-state index contributed by atoms with van der Waals surface area (Å²) in [6.45, 7) is 14.3. The van der Waals surface area contributed by atoms with Gasteiger partial charge in [-0.15, -0.1) is 0 Å². The Morgan fingerprint density at radius 1 is 0.814 bits per heavy atom. The molecule has 0 amide bonds. The number of para-hydroxylation sites is 2. The molecule has 3 aromatic carbocycles. The molecule has 0 N–H and O–H groups in total. The fourth-order valence-electron chi connectivity index (χ4n) is 7.23. The van der Waals surface area contributed by atoms with E-state index in [9.17, 15) is 0 Å². The molecule has 4 heterocycles. The summed E-state index contributed by atoms with van der Waals surface area (Å²) in [5, 5.41) is 1.18. The van der Waals surface area contributed by atoms with E-state index in [-0.39, 0.29) is 22.9 Å². The molecule has 5 aromatic rings. The number of dihydropyridines is 1. The van der Waals surface area contributed by atoms with Crippen LogP contribution in [0, 0.1) is 16.7 Å². The number of hydrogen-bond acceptors (Lipinski definition) is 3. The van der Waals surface area contributed by atoms with E-state index in [2.05, 4.69) is 136 Å². The second kappa shape index (κ2) is 10.2. The van der Waals surface area contributed by atoms with Gasteiger partial charge < -0.3 is 9.47 Å². The van der Waals surface area contributed by atoms with Crippen LogP contribution in [0.25, 0.3) is 27.6 Å². The average Bonchev–Trinajstić information content (AvgIpc) is 3.49. The van der Waals surface area contributed by atoms with Crippen LogP contribution in [0.2, 0.25) is 0 Å². The van der Waals surface area contributed by atoms with Gasteiger partial charge in [-0.2, -0.15) is 0 Å². The standard InChI is InChI=1S/C39H42N4/c1-38(2,3)25-27(39(4,5)6)21-26-22-28(42-32-15-9-7-13-30(32)36-34(42)17-11-19-40-36)24-29(23-26)43-33-16-10-8-14-31(33)37-35(43)18-12-20-41-37/h7-20,22-24,27,34,36H,21,25H2,1-6H3. The van der Waals surface area contributed by atoms with Crippen molar-refractivity contribution < 1.29 is 0 Å². The van der Waals surface area contributed by atoms with Crippen LogP contribution in [0.3, 0.4) is 0 Å². The van der Waals surface area contributed by atoms with Gasteiger partial charge in [0.25, 0.3) is 0 Å². The Hall–Kier alpha value is -4.18. The summed E-state index contributed by atoms with van der Waals surface area (Å²) in [6, 6.07) is 29.2. The first kappa shape index (κ1) is 27.6. The van der Waals surface area contributed by atoms with Crippen LogP contribution in [0.15, 0.2) is 102 Å². The molecule has 3 unspecified atom stereocenters. The third kappa shape index (κ3) is 4.97. The largest absolute Gasteiger partial charge is 0.332 e. The molecule has 0 saturated carbocycles. The zero-order valence-electron chi connectivity index (χ0n) is 26.3. The van der Waals surface area contributed by atoms with Gasteiger partial charge in [-0.1, -0.05) is 84.0 Å². The van der Waals surface area contributed by atoms with Gasteiger partial charge in [0.1, 0.15) is 6.04 Å². The quantitative estimate of drug-likeness (QED) is 0.212. The van der Waals surface area contributed by atoms with Gasteiger partial charge in [0.2, 0.25) is 0 Å². The van der Waals surface area contributed by atoms with Crippen LogP contribution in [0.1, 0.15) is 65.1 Å². The second-order valence-electron chi connectivity index (χ2n) is 14.7. The lowest BCUT2D eigenvalue weighted by Gasteiger charge is -2.36. The van der Waals surface area contributed by atoms with E-state index >= 15 is 0 Å². The van der Waals surface area contributed by atoms with Gasteiger partial charge >= 0.3 is 0 Å². The third-order valence-corrected chi connectivity index (χ3v) is 9.27. The molecule has 0 bridgehead atoms. The fraction of sp³-hybridized carbons (Fsp3) is 0.333. The molecule has 3 atom stereocenters. The van der Waals surface area contributed by atoms with Crippen LogP contribution in [-0.4, -0.2) is 21.8 Å². The molecule has 0 saturated heterocycles. The molecule has 7 rings (SSSR count). The molecular weight excluding hydrogens is 524 g/mol. The van der Waals surface area contributed by atoms with Crippen molar-refractivity contribution in [3.05, 3.63) is 108 Å². The van der Waals surface area contributed by atoms with Crippen LogP contribution < -0.4 is 4.90 Å². The zero-order valence-corrected chi connectivity index (χ0v) is 26.3. The van der Waals surface area contributed by atoms with Crippen molar-refractivity contribution in [2.75, 3.05) is 4.90 Å². The minimum absolute atomic E-state index is 0.106. The van der Waals surface area contributed by atoms with Gasteiger partial charge in [-0.3, -0.25) is 9.98 Å². The Morgan fingerprint density at radius 2 is 1.56 bits per heavy atom. The van der Waals surface area contributed by atoms with E-state index in [1.165, 1.54) is 45.5 Å². The van der Waals surface area contributed by atoms with E-state index < -0.39 is 0 Å². The van der Waals surface area contributed by atoms with E-state index in [0.29, 0.717) is 5.92 Å². The summed E-state index contributed by atoms with van der Waals surface area (Å²) < 4.78 is 2.41. The van der Waals surface area contributed by atoms with Crippen molar-refractivity contribution >= 4 is 39.5 Å².